The van der Waals surface area contributed by atoms with E-state index in [1.807, 2.05) is 43.3 Å². The summed E-state index contributed by atoms with van der Waals surface area (Å²) in [6.07, 6.45) is 6.61. The highest BCUT2D eigenvalue weighted by molar-refractivity contribution is 6.30. The number of halogens is 1. The molecule has 0 radical (unpaired) electrons. The van der Waals surface area contributed by atoms with E-state index in [0.29, 0.717) is 23.7 Å². The number of carbonyl (C=O) groups is 2. The highest BCUT2D eigenvalue weighted by atomic mass is 35.5. The van der Waals surface area contributed by atoms with Crippen LogP contribution in [0, 0.1) is 0 Å². The molecule has 2 aromatic rings. The average Bonchev–Trinajstić information content (AvgIpc) is 2.94. The zero-order valence-electron chi connectivity index (χ0n) is 24.1. The van der Waals surface area contributed by atoms with E-state index in [0.717, 1.165) is 49.2 Å². The van der Waals surface area contributed by atoms with Crippen molar-refractivity contribution in [1.82, 2.24) is 4.90 Å². The van der Waals surface area contributed by atoms with Gasteiger partial charge in [0, 0.05) is 42.9 Å². The van der Waals surface area contributed by atoms with Crippen LogP contribution < -0.4 is 4.74 Å². The van der Waals surface area contributed by atoms with Crippen molar-refractivity contribution in [3.8, 4) is 5.75 Å². The van der Waals surface area contributed by atoms with E-state index < -0.39 is 0 Å². The molecule has 0 fully saturated rings. The molecule has 0 saturated heterocycles. The maximum Gasteiger partial charge on any atom is 0.227 e. The zero-order valence-corrected chi connectivity index (χ0v) is 24.8. The molecule has 2 unspecified atom stereocenters. The third-order valence-electron chi connectivity index (χ3n) is 6.86. The first-order valence-electron chi connectivity index (χ1n) is 13.8. The number of amides is 1. The van der Waals surface area contributed by atoms with Gasteiger partial charge in [0.25, 0.3) is 0 Å². The second kappa shape index (κ2) is 17.8. The molecule has 7 heteroatoms. The number of hydrogen-bond donors (Lipinski definition) is 0. The van der Waals surface area contributed by atoms with E-state index in [9.17, 15) is 9.59 Å². The summed E-state index contributed by atoms with van der Waals surface area (Å²) in [5.74, 6) is 0.762. The predicted octanol–water partition coefficient (Wildman–Crippen LogP) is 7.35. The van der Waals surface area contributed by atoms with Crippen LogP contribution in [-0.4, -0.2) is 50.6 Å². The summed E-state index contributed by atoms with van der Waals surface area (Å²) < 4.78 is 16.1. The fourth-order valence-corrected chi connectivity index (χ4v) is 4.71. The van der Waals surface area contributed by atoms with Crippen molar-refractivity contribution in [3.05, 3.63) is 76.0 Å². The molecule has 6 nitrogen and oxygen atoms in total. The number of methoxy groups -OCH3 is 2. The fraction of sp³-hybridized carbons (Fsp3) is 0.500. The maximum atomic E-state index is 12.7. The van der Waals surface area contributed by atoms with Gasteiger partial charge in [-0.3, -0.25) is 9.59 Å². The van der Waals surface area contributed by atoms with Crippen LogP contribution in [-0.2, 0) is 25.7 Å². The lowest BCUT2D eigenvalue weighted by molar-refractivity contribution is -0.132. The Balaban J connectivity index is 0.000000306. The summed E-state index contributed by atoms with van der Waals surface area (Å²) in [5, 5.41) is 0.637. The number of unbranched alkanes of at least 4 members (excludes halogenated alkanes) is 2. The Labute approximate surface area is 239 Å². The Bertz CT molecular complexity index is 1040. The lowest BCUT2D eigenvalue weighted by Gasteiger charge is -2.35. The van der Waals surface area contributed by atoms with Crippen LogP contribution in [0.25, 0.3) is 0 Å². The minimum absolute atomic E-state index is 0.0196. The van der Waals surface area contributed by atoms with Crippen molar-refractivity contribution in [2.75, 3.05) is 27.4 Å². The van der Waals surface area contributed by atoms with Crippen LogP contribution in [0.3, 0.4) is 0 Å². The van der Waals surface area contributed by atoms with Crippen LogP contribution in [0.4, 0.5) is 0 Å². The molecule has 39 heavy (non-hydrogen) atoms. The Kier molecular flexibility index (Phi) is 14.9. The van der Waals surface area contributed by atoms with Gasteiger partial charge >= 0.3 is 0 Å². The first-order chi connectivity index (χ1) is 18.9. The van der Waals surface area contributed by atoms with E-state index in [1.54, 1.807) is 31.3 Å². The Morgan fingerprint density at radius 2 is 1.72 bits per heavy atom. The minimum Gasteiger partial charge on any atom is -0.494 e. The number of ether oxygens (including phenoxy) is 3. The van der Waals surface area contributed by atoms with Gasteiger partial charge in [-0.2, -0.15) is 0 Å². The molecule has 1 aliphatic rings. The van der Waals surface area contributed by atoms with Crippen molar-refractivity contribution in [3.63, 3.8) is 0 Å². The van der Waals surface area contributed by atoms with E-state index in [4.69, 9.17) is 25.8 Å². The maximum absolute atomic E-state index is 12.7. The Morgan fingerprint density at radius 3 is 2.28 bits per heavy atom. The SMILES string of the molecule is CCCC(CN1C(=O)CC(c2ccc(Cl)cc2)C(C=O)=C1C)OC.CCCCCOc1ccc(COC)cc1. The molecule has 0 bridgehead atoms. The van der Waals surface area contributed by atoms with E-state index in [-0.39, 0.29) is 24.3 Å². The topological polar surface area (TPSA) is 65.1 Å². The zero-order chi connectivity index (χ0) is 28.6. The highest BCUT2D eigenvalue weighted by Gasteiger charge is 2.33. The molecule has 0 aliphatic carbocycles. The molecule has 214 valence electrons. The van der Waals surface area contributed by atoms with Gasteiger partial charge in [0.15, 0.2) is 0 Å². The van der Waals surface area contributed by atoms with Gasteiger partial charge in [-0.15, -0.1) is 0 Å². The number of carbonyl (C=O) groups excluding carboxylic acids is 2. The van der Waals surface area contributed by atoms with E-state index >= 15 is 0 Å². The highest BCUT2D eigenvalue weighted by Crippen LogP contribution is 2.35. The smallest absolute Gasteiger partial charge is 0.227 e. The summed E-state index contributed by atoms with van der Waals surface area (Å²) >= 11 is 5.93. The monoisotopic (exact) mass is 557 g/mol. The quantitative estimate of drug-likeness (QED) is 0.179. The molecule has 0 spiro atoms. The van der Waals surface area contributed by atoms with Crippen molar-refractivity contribution < 1.29 is 23.8 Å². The number of hydrogen-bond acceptors (Lipinski definition) is 5. The fourth-order valence-electron chi connectivity index (χ4n) is 4.59. The number of benzene rings is 2. The van der Waals surface area contributed by atoms with Crippen LogP contribution in [0.5, 0.6) is 5.75 Å². The number of rotatable bonds is 14. The van der Waals surface area contributed by atoms with Crippen molar-refractivity contribution >= 4 is 23.8 Å². The molecular weight excluding hydrogens is 514 g/mol. The molecule has 1 amide bonds. The van der Waals surface area contributed by atoms with Crippen molar-refractivity contribution in [2.24, 2.45) is 0 Å². The molecular formula is C32H44ClNO5. The molecule has 3 rings (SSSR count). The van der Waals surface area contributed by atoms with Crippen molar-refractivity contribution in [1.29, 1.82) is 0 Å². The summed E-state index contributed by atoms with van der Waals surface area (Å²) in [4.78, 5) is 26.1. The van der Waals surface area contributed by atoms with Crippen LogP contribution >= 0.6 is 11.6 Å². The van der Waals surface area contributed by atoms with Crippen LogP contribution in [0.15, 0.2) is 59.8 Å². The van der Waals surface area contributed by atoms with E-state index in [2.05, 4.69) is 13.8 Å². The second-order valence-electron chi connectivity index (χ2n) is 9.75. The van der Waals surface area contributed by atoms with Crippen LogP contribution in [0.1, 0.15) is 76.3 Å². The van der Waals surface area contributed by atoms with Gasteiger partial charge in [-0.1, -0.05) is 69.0 Å². The van der Waals surface area contributed by atoms with Gasteiger partial charge in [-0.05, 0) is 55.2 Å². The lowest BCUT2D eigenvalue weighted by atomic mass is 9.84. The average molecular weight is 558 g/mol. The first-order valence-corrected chi connectivity index (χ1v) is 14.2. The third kappa shape index (κ3) is 10.4. The largest absolute Gasteiger partial charge is 0.494 e. The van der Waals surface area contributed by atoms with Gasteiger partial charge in [0.05, 0.1) is 25.9 Å². The molecule has 2 aromatic carbocycles. The Morgan fingerprint density at radius 1 is 1.03 bits per heavy atom. The number of aldehydes is 1. The standard InChI is InChI=1S/C19H24ClNO3.C13H20O2/c1-4-5-16(24-3)11-21-13(2)18(12-22)17(10-19(21)23)14-6-8-15(20)9-7-14;1-3-4-5-10-15-13-8-6-12(7-9-13)11-14-2/h6-9,12,16-17H,4-5,10-11H2,1-3H3;6-9H,3-5,10-11H2,1-2H3. The molecule has 2 atom stereocenters. The van der Waals surface area contributed by atoms with Crippen LogP contribution in [0.2, 0.25) is 5.02 Å². The molecule has 0 saturated carbocycles. The van der Waals surface area contributed by atoms with Gasteiger partial charge in [0.2, 0.25) is 5.91 Å². The van der Waals surface area contributed by atoms with Crippen molar-refractivity contribution in [2.45, 2.75) is 77.9 Å². The van der Waals surface area contributed by atoms with E-state index in [1.165, 1.54) is 18.4 Å². The Hall–Kier alpha value is -2.67. The second-order valence-corrected chi connectivity index (χ2v) is 10.2. The normalized spacial score (nSPS) is 16.0. The molecule has 1 heterocycles. The summed E-state index contributed by atoms with van der Waals surface area (Å²) in [6, 6.07) is 15.4. The lowest BCUT2D eigenvalue weighted by Crippen LogP contribution is -2.41. The predicted molar refractivity (Wildman–Crippen MR) is 157 cm³/mol. The number of allylic oxidation sites excluding steroid dienone is 2. The minimum atomic E-state index is -0.212. The first kappa shape index (κ1) is 32.5. The van der Waals surface area contributed by atoms with Gasteiger partial charge < -0.3 is 19.1 Å². The number of nitrogens with zero attached hydrogens (tertiary/aromatic N) is 1. The van der Waals surface area contributed by atoms with Gasteiger partial charge in [0.1, 0.15) is 12.0 Å². The summed E-state index contributed by atoms with van der Waals surface area (Å²) in [6.45, 7) is 8.08. The molecule has 0 N–H and O–H groups in total. The third-order valence-corrected chi connectivity index (χ3v) is 7.11. The summed E-state index contributed by atoms with van der Waals surface area (Å²) in [7, 11) is 3.36. The van der Waals surface area contributed by atoms with Gasteiger partial charge in [-0.25, -0.2) is 0 Å². The molecule has 1 aliphatic heterocycles. The summed E-state index contributed by atoms with van der Waals surface area (Å²) in [5.41, 5.74) is 3.49. The molecule has 0 aromatic heterocycles.